The van der Waals surface area contributed by atoms with Crippen LogP contribution in [0.4, 0.5) is 0 Å². The Morgan fingerprint density at radius 1 is 0.613 bits per heavy atom. The highest BCUT2D eigenvalue weighted by atomic mass is 16.5. The Balaban J connectivity index is 1.27. The molecule has 4 fully saturated rings. The van der Waals surface area contributed by atoms with Crippen LogP contribution in [0.25, 0.3) is 0 Å². The fraction of sp³-hybridized carbons (Fsp3) is 0.920. The van der Waals surface area contributed by atoms with E-state index < -0.39 is 0 Å². The van der Waals surface area contributed by atoms with Gasteiger partial charge in [0.05, 0.1) is 12.2 Å². The van der Waals surface area contributed by atoms with Crippen molar-refractivity contribution in [3.8, 4) is 0 Å². The van der Waals surface area contributed by atoms with Gasteiger partial charge in [-0.2, -0.15) is 0 Å². The van der Waals surface area contributed by atoms with E-state index in [-0.39, 0.29) is 24.0 Å². The minimum Gasteiger partial charge on any atom is -0.376 e. The molecule has 0 N–H and O–H groups in total. The van der Waals surface area contributed by atoms with Crippen molar-refractivity contribution in [3.05, 3.63) is 0 Å². The summed E-state index contributed by atoms with van der Waals surface area (Å²) in [5.74, 6) is 0.448. The molecule has 6 heteroatoms. The molecule has 0 spiro atoms. The van der Waals surface area contributed by atoms with Gasteiger partial charge in [-0.3, -0.25) is 9.59 Å². The lowest BCUT2D eigenvalue weighted by atomic mass is 10.1. The van der Waals surface area contributed by atoms with Gasteiger partial charge in [-0.05, 0) is 57.8 Å². The van der Waals surface area contributed by atoms with Crippen LogP contribution in [0.3, 0.4) is 0 Å². The topological polar surface area (TPSA) is 59.1 Å². The lowest BCUT2D eigenvalue weighted by Gasteiger charge is -2.32. The maximum atomic E-state index is 13.1. The van der Waals surface area contributed by atoms with Crippen molar-refractivity contribution in [2.24, 2.45) is 0 Å². The molecule has 2 aliphatic heterocycles. The molecule has 4 aliphatic rings. The molecule has 2 unspecified atom stereocenters. The normalized spacial score (nSPS) is 27.2. The average Bonchev–Trinajstić information content (AvgIpc) is 3.58. The first-order chi connectivity index (χ1) is 15.2. The summed E-state index contributed by atoms with van der Waals surface area (Å²) < 4.78 is 11.6. The van der Waals surface area contributed by atoms with E-state index in [0.717, 1.165) is 77.7 Å². The Morgan fingerprint density at radius 3 is 1.39 bits per heavy atom. The van der Waals surface area contributed by atoms with Crippen LogP contribution in [0, 0.1) is 0 Å². The van der Waals surface area contributed by atoms with Crippen LogP contribution in [0.1, 0.15) is 96.3 Å². The van der Waals surface area contributed by atoms with E-state index >= 15 is 0 Å². The summed E-state index contributed by atoms with van der Waals surface area (Å²) in [6, 6.07) is 0.754. The number of hydrogen-bond acceptors (Lipinski definition) is 4. The van der Waals surface area contributed by atoms with Crippen molar-refractivity contribution in [2.75, 3.05) is 26.3 Å². The first-order valence-corrected chi connectivity index (χ1v) is 13.0. The highest BCUT2D eigenvalue weighted by Crippen LogP contribution is 2.28. The molecular weight excluding hydrogens is 392 g/mol. The van der Waals surface area contributed by atoms with Gasteiger partial charge in [0.1, 0.15) is 0 Å². The molecule has 2 atom stereocenters. The third kappa shape index (κ3) is 6.44. The molecule has 2 saturated heterocycles. The van der Waals surface area contributed by atoms with Crippen molar-refractivity contribution in [1.82, 2.24) is 9.80 Å². The zero-order chi connectivity index (χ0) is 21.5. The van der Waals surface area contributed by atoms with E-state index in [4.69, 9.17) is 9.47 Å². The monoisotopic (exact) mass is 434 g/mol. The zero-order valence-electron chi connectivity index (χ0n) is 19.3. The maximum Gasteiger partial charge on any atom is 0.222 e. The Hall–Kier alpha value is -1.14. The quantitative estimate of drug-likeness (QED) is 0.520. The van der Waals surface area contributed by atoms with Crippen LogP contribution in [0.5, 0.6) is 0 Å². The second-order valence-corrected chi connectivity index (χ2v) is 10.1. The van der Waals surface area contributed by atoms with Gasteiger partial charge in [-0.25, -0.2) is 0 Å². The molecule has 2 aliphatic carbocycles. The van der Waals surface area contributed by atoms with Gasteiger partial charge < -0.3 is 19.3 Å². The molecule has 0 bridgehead atoms. The van der Waals surface area contributed by atoms with Gasteiger partial charge in [0, 0.05) is 51.2 Å². The fourth-order valence-corrected chi connectivity index (χ4v) is 6.03. The highest BCUT2D eigenvalue weighted by Gasteiger charge is 2.32. The van der Waals surface area contributed by atoms with Gasteiger partial charge in [0.15, 0.2) is 0 Å². The zero-order valence-corrected chi connectivity index (χ0v) is 19.3. The SMILES string of the molecule is O=C(CCCC(=O)N(CC1CCCO1)C1CCCC1)N(CC1CCCO1)C1CCCC1. The smallest absolute Gasteiger partial charge is 0.222 e. The highest BCUT2D eigenvalue weighted by molar-refractivity contribution is 5.79. The van der Waals surface area contributed by atoms with E-state index in [1.54, 1.807) is 0 Å². The molecule has 4 rings (SSSR count). The van der Waals surface area contributed by atoms with Gasteiger partial charge in [-0.15, -0.1) is 0 Å². The van der Waals surface area contributed by atoms with E-state index in [1.807, 2.05) is 0 Å². The maximum absolute atomic E-state index is 13.1. The molecule has 31 heavy (non-hydrogen) atoms. The number of amides is 2. The molecule has 2 amide bonds. The largest absolute Gasteiger partial charge is 0.376 e. The van der Waals surface area contributed by atoms with Crippen molar-refractivity contribution in [1.29, 1.82) is 0 Å². The summed E-state index contributed by atoms with van der Waals surface area (Å²) in [7, 11) is 0. The van der Waals surface area contributed by atoms with Crippen molar-refractivity contribution in [3.63, 3.8) is 0 Å². The van der Waals surface area contributed by atoms with Crippen LogP contribution in [0.2, 0.25) is 0 Å². The van der Waals surface area contributed by atoms with Crippen LogP contribution >= 0.6 is 0 Å². The van der Waals surface area contributed by atoms with Crippen LogP contribution in [-0.4, -0.2) is 72.2 Å². The number of carbonyl (C=O) groups is 2. The van der Waals surface area contributed by atoms with E-state index in [1.165, 1.54) is 25.7 Å². The molecule has 2 saturated carbocycles. The number of ether oxygens (including phenoxy) is 2. The predicted octanol–water partition coefficient (Wildman–Crippen LogP) is 4.06. The van der Waals surface area contributed by atoms with Gasteiger partial charge in [0.25, 0.3) is 0 Å². The molecule has 2 heterocycles. The second kappa shape index (κ2) is 11.6. The Morgan fingerprint density at radius 2 is 1.03 bits per heavy atom. The summed E-state index contributed by atoms with van der Waals surface area (Å²) in [5.41, 5.74) is 0. The minimum atomic E-state index is 0.204. The Bertz CT molecular complexity index is 524. The predicted molar refractivity (Wildman–Crippen MR) is 120 cm³/mol. The van der Waals surface area contributed by atoms with Gasteiger partial charge >= 0.3 is 0 Å². The first kappa shape index (κ1) is 23.0. The second-order valence-electron chi connectivity index (χ2n) is 10.1. The van der Waals surface area contributed by atoms with Crippen molar-refractivity contribution < 1.29 is 19.1 Å². The Labute approximate surface area is 188 Å². The first-order valence-electron chi connectivity index (χ1n) is 13.0. The van der Waals surface area contributed by atoms with E-state index in [0.29, 0.717) is 31.3 Å². The number of hydrogen-bond donors (Lipinski definition) is 0. The summed E-state index contributed by atoms with van der Waals surface area (Å²) in [4.78, 5) is 30.5. The average molecular weight is 435 g/mol. The summed E-state index contributed by atoms with van der Waals surface area (Å²) in [6.45, 7) is 3.14. The lowest BCUT2D eigenvalue weighted by molar-refractivity contribution is -0.137. The Kier molecular flexibility index (Phi) is 8.65. The number of rotatable bonds is 10. The third-order valence-electron chi connectivity index (χ3n) is 7.80. The van der Waals surface area contributed by atoms with E-state index in [2.05, 4.69) is 9.80 Å². The molecule has 0 aromatic heterocycles. The third-order valence-corrected chi connectivity index (χ3v) is 7.80. The molecular formula is C25H42N2O4. The van der Waals surface area contributed by atoms with Gasteiger partial charge in [0.2, 0.25) is 11.8 Å². The van der Waals surface area contributed by atoms with Crippen molar-refractivity contribution in [2.45, 2.75) is 121 Å². The fourth-order valence-electron chi connectivity index (χ4n) is 6.03. The molecule has 0 radical (unpaired) electrons. The molecule has 6 nitrogen and oxygen atoms in total. The van der Waals surface area contributed by atoms with Gasteiger partial charge in [-0.1, -0.05) is 25.7 Å². The van der Waals surface area contributed by atoms with Crippen molar-refractivity contribution >= 4 is 11.8 Å². The molecule has 0 aromatic carbocycles. The number of nitrogens with zero attached hydrogens (tertiary/aromatic N) is 2. The van der Waals surface area contributed by atoms with Crippen LogP contribution in [0.15, 0.2) is 0 Å². The summed E-state index contributed by atoms with van der Waals surface area (Å²) in [6.07, 6.45) is 15.7. The number of carbonyl (C=O) groups excluding carboxylic acids is 2. The minimum absolute atomic E-state index is 0.204. The standard InChI is InChI=1S/C25H42N2O4/c28-24(26(20-8-1-2-9-20)18-22-12-6-16-30-22)14-5-15-25(29)27(21-10-3-4-11-21)19-23-13-7-17-31-23/h20-23H,1-19H2. The van der Waals surface area contributed by atoms with E-state index in [9.17, 15) is 9.59 Å². The van der Waals surface area contributed by atoms with Crippen LogP contribution < -0.4 is 0 Å². The summed E-state index contributed by atoms with van der Waals surface area (Å²) >= 11 is 0. The van der Waals surface area contributed by atoms with Crippen LogP contribution in [-0.2, 0) is 19.1 Å². The molecule has 0 aromatic rings. The lowest BCUT2D eigenvalue weighted by Crippen LogP contribution is -2.44. The molecule has 176 valence electrons. The summed E-state index contributed by atoms with van der Waals surface area (Å²) in [5, 5.41) is 0.